The quantitative estimate of drug-likeness (QED) is 0.785. The lowest BCUT2D eigenvalue weighted by Gasteiger charge is -2.02. The standard InChI is InChI=1S/C9H13BrN2O2/c1-4-14-9(13)7-5-12(6(2)3)11-8(7)10/h5-6H,4H2,1-3H3. The van der Waals surface area contributed by atoms with E-state index in [9.17, 15) is 4.79 Å². The molecule has 1 aromatic heterocycles. The highest BCUT2D eigenvalue weighted by molar-refractivity contribution is 9.10. The van der Waals surface area contributed by atoms with E-state index in [1.165, 1.54) is 0 Å². The van der Waals surface area contributed by atoms with Crippen LogP contribution in [0.1, 0.15) is 37.2 Å². The van der Waals surface area contributed by atoms with Crippen LogP contribution >= 0.6 is 15.9 Å². The topological polar surface area (TPSA) is 44.1 Å². The molecular formula is C9H13BrN2O2. The Morgan fingerprint density at radius 1 is 1.71 bits per heavy atom. The molecule has 0 aromatic carbocycles. The van der Waals surface area contributed by atoms with Crippen molar-refractivity contribution in [2.45, 2.75) is 26.8 Å². The summed E-state index contributed by atoms with van der Waals surface area (Å²) in [6, 6.07) is 0.231. The summed E-state index contributed by atoms with van der Waals surface area (Å²) in [7, 11) is 0. The zero-order valence-electron chi connectivity index (χ0n) is 8.45. The Hall–Kier alpha value is -0.840. The number of carbonyl (C=O) groups is 1. The number of esters is 1. The van der Waals surface area contributed by atoms with Gasteiger partial charge in [-0.3, -0.25) is 4.68 Å². The second-order valence-corrected chi connectivity index (χ2v) is 3.88. The van der Waals surface area contributed by atoms with Gasteiger partial charge in [0.25, 0.3) is 0 Å². The van der Waals surface area contributed by atoms with Crippen molar-refractivity contribution in [1.29, 1.82) is 0 Å². The van der Waals surface area contributed by atoms with E-state index in [4.69, 9.17) is 4.74 Å². The lowest BCUT2D eigenvalue weighted by molar-refractivity contribution is 0.0525. The van der Waals surface area contributed by atoms with Crippen LogP contribution in [0, 0.1) is 0 Å². The Labute approximate surface area is 91.4 Å². The fourth-order valence-corrected chi connectivity index (χ4v) is 1.43. The molecule has 0 bridgehead atoms. The molecule has 0 aliphatic heterocycles. The minimum absolute atomic E-state index is 0.231. The predicted octanol–water partition coefficient (Wildman–Crippen LogP) is 2.40. The average Bonchev–Trinajstić information content (AvgIpc) is 2.48. The summed E-state index contributed by atoms with van der Waals surface area (Å²) in [5.41, 5.74) is 0.473. The Kier molecular flexibility index (Phi) is 3.69. The van der Waals surface area contributed by atoms with E-state index in [2.05, 4.69) is 21.0 Å². The maximum Gasteiger partial charge on any atom is 0.342 e. The van der Waals surface area contributed by atoms with Gasteiger partial charge in [0.1, 0.15) is 10.2 Å². The van der Waals surface area contributed by atoms with E-state index in [0.717, 1.165) is 0 Å². The third kappa shape index (κ3) is 2.35. The van der Waals surface area contributed by atoms with Crippen LogP contribution in [0.3, 0.4) is 0 Å². The molecular weight excluding hydrogens is 248 g/mol. The highest BCUT2D eigenvalue weighted by atomic mass is 79.9. The molecule has 0 aliphatic rings. The average molecular weight is 261 g/mol. The molecule has 0 unspecified atom stereocenters. The number of carbonyl (C=O) groups excluding carboxylic acids is 1. The van der Waals surface area contributed by atoms with E-state index < -0.39 is 0 Å². The van der Waals surface area contributed by atoms with E-state index in [-0.39, 0.29) is 12.0 Å². The number of rotatable bonds is 3. The molecule has 0 saturated heterocycles. The predicted molar refractivity (Wildman–Crippen MR) is 56.3 cm³/mol. The zero-order valence-corrected chi connectivity index (χ0v) is 10.0. The molecule has 0 N–H and O–H groups in total. The Morgan fingerprint density at radius 2 is 2.36 bits per heavy atom. The molecule has 1 heterocycles. The van der Waals surface area contributed by atoms with Crippen molar-refractivity contribution in [3.8, 4) is 0 Å². The van der Waals surface area contributed by atoms with Gasteiger partial charge < -0.3 is 4.74 Å². The van der Waals surface area contributed by atoms with Crippen LogP contribution < -0.4 is 0 Å². The Bertz CT molecular complexity index is 334. The summed E-state index contributed by atoms with van der Waals surface area (Å²) in [4.78, 5) is 11.4. The van der Waals surface area contributed by atoms with Gasteiger partial charge in [-0.2, -0.15) is 5.10 Å². The van der Waals surface area contributed by atoms with Gasteiger partial charge in [-0.25, -0.2) is 4.79 Å². The third-order valence-corrected chi connectivity index (χ3v) is 2.30. The molecule has 1 aromatic rings. The van der Waals surface area contributed by atoms with E-state index in [0.29, 0.717) is 16.8 Å². The van der Waals surface area contributed by atoms with Gasteiger partial charge in [0, 0.05) is 12.2 Å². The summed E-state index contributed by atoms with van der Waals surface area (Å²) in [5.74, 6) is -0.341. The molecule has 0 atom stereocenters. The van der Waals surface area contributed by atoms with E-state index >= 15 is 0 Å². The van der Waals surface area contributed by atoms with Gasteiger partial charge in [-0.05, 0) is 36.7 Å². The summed E-state index contributed by atoms with van der Waals surface area (Å²) in [6.45, 7) is 6.14. The number of ether oxygens (including phenoxy) is 1. The van der Waals surface area contributed by atoms with Crippen LogP contribution in [0.15, 0.2) is 10.8 Å². The molecule has 0 saturated carbocycles. The first-order valence-corrected chi connectivity index (χ1v) is 5.27. The van der Waals surface area contributed by atoms with Gasteiger partial charge in [0.2, 0.25) is 0 Å². The molecule has 14 heavy (non-hydrogen) atoms. The van der Waals surface area contributed by atoms with Crippen molar-refractivity contribution >= 4 is 21.9 Å². The first kappa shape index (κ1) is 11.2. The molecule has 4 nitrogen and oxygen atoms in total. The summed E-state index contributed by atoms with van der Waals surface area (Å²) in [6.07, 6.45) is 1.69. The molecule has 0 radical (unpaired) electrons. The normalized spacial score (nSPS) is 10.6. The second kappa shape index (κ2) is 4.59. The first-order chi connectivity index (χ1) is 6.56. The SMILES string of the molecule is CCOC(=O)c1cn(C(C)C)nc1Br. The first-order valence-electron chi connectivity index (χ1n) is 4.48. The number of hydrogen-bond donors (Lipinski definition) is 0. The number of halogens is 1. The smallest absolute Gasteiger partial charge is 0.342 e. The molecule has 0 amide bonds. The highest BCUT2D eigenvalue weighted by Crippen LogP contribution is 2.17. The molecule has 1 rings (SSSR count). The van der Waals surface area contributed by atoms with Gasteiger partial charge in [-0.15, -0.1) is 0 Å². The Morgan fingerprint density at radius 3 is 2.79 bits per heavy atom. The largest absolute Gasteiger partial charge is 0.462 e. The van der Waals surface area contributed by atoms with Crippen molar-refractivity contribution in [1.82, 2.24) is 9.78 Å². The van der Waals surface area contributed by atoms with Crippen molar-refractivity contribution in [2.24, 2.45) is 0 Å². The Balaban J connectivity index is 2.92. The van der Waals surface area contributed by atoms with Crippen LogP contribution in [-0.2, 0) is 4.74 Å². The minimum atomic E-state index is -0.341. The van der Waals surface area contributed by atoms with Gasteiger partial charge in [-0.1, -0.05) is 0 Å². The summed E-state index contributed by atoms with van der Waals surface area (Å²) >= 11 is 3.22. The van der Waals surface area contributed by atoms with Crippen LogP contribution in [-0.4, -0.2) is 22.4 Å². The zero-order chi connectivity index (χ0) is 10.7. The summed E-state index contributed by atoms with van der Waals surface area (Å²) < 4.78 is 7.13. The molecule has 0 fully saturated rings. The van der Waals surface area contributed by atoms with Gasteiger partial charge in [0.05, 0.1) is 6.61 Å². The van der Waals surface area contributed by atoms with Crippen LogP contribution in [0.5, 0.6) is 0 Å². The molecule has 78 valence electrons. The fourth-order valence-electron chi connectivity index (χ4n) is 0.980. The fraction of sp³-hybridized carbons (Fsp3) is 0.556. The van der Waals surface area contributed by atoms with Crippen molar-refractivity contribution < 1.29 is 9.53 Å². The summed E-state index contributed by atoms with van der Waals surface area (Å²) in [5, 5.41) is 4.15. The van der Waals surface area contributed by atoms with Crippen LogP contribution in [0.2, 0.25) is 0 Å². The number of nitrogens with zero attached hydrogens (tertiary/aromatic N) is 2. The minimum Gasteiger partial charge on any atom is -0.462 e. The second-order valence-electron chi connectivity index (χ2n) is 3.13. The van der Waals surface area contributed by atoms with Gasteiger partial charge >= 0.3 is 5.97 Å². The van der Waals surface area contributed by atoms with Crippen LogP contribution in [0.4, 0.5) is 0 Å². The molecule has 0 aliphatic carbocycles. The van der Waals surface area contributed by atoms with Gasteiger partial charge in [0.15, 0.2) is 0 Å². The molecule has 0 spiro atoms. The van der Waals surface area contributed by atoms with Crippen molar-refractivity contribution in [3.63, 3.8) is 0 Å². The highest BCUT2D eigenvalue weighted by Gasteiger charge is 2.16. The maximum absolute atomic E-state index is 11.4. The van der Waals surface area contributed by atoms with Crippen molar-refractivity contribution in [2.75, 3.05) is 6.61 Å². The van der Waals surface area contributed by atoms with Crippen molar-refractivity contribution in [3.05, 3.63) is 16.4 Å². The number of aromatic nitrogens is 2. The molecule has 5 heteroatoms. The lowest BCUT2D eigenvalue weighted by Crippen LogP contribution is -2.04. The monoisotopic (exact) mass is 260 g/mol. The number of hydrogen-bond acceptors (Lipinski definition) is 3. The maximum atomic E-state index is 11.4. The lowest BCUT2D eigenvalue weighted by atomic mass is 10.3. The van der Waals surface area contributed by atoms with E-state index in [1.807, 2.05) is 13.8 Å². The van der Waals surface area contributed by atoms with E-state index in [1.54, 1.807) is 17.8 Å². The third-order valence-electron chi connectivity index (χ3n) is 1.71. The van der Waals surface area contributed by atoms with Crippen LogP contribution in [0.25, 0.3) is 0 Å².